The van der Waals surface area contributed by atoms with Crippen LogP contribution < -0.4 is 5.73 Å². The first-order chi connectivity index (χ1) is 8.04. The third kappa shape index (κ3) is 25.6. The smallest absolute Gasteiger partial charge is 0.303 e. The van der Waals surface area contributed by atoms with E-state index in [1.807, 2.05) is 0 Å². The van der Waals surface area contributed by atoms with Gasteiger partial charge in [-0.25, -0.2) is 0 Å². The lowest BCUT2D eigenvalue weighted by molar-refractivity contribution is -0.137. The summed E-state index contributed by atoms with van der Waals surface area (Å²) in [6, 6.07) is 0. The van der Waals surface area contributed by atoms with Crippen LogP contribution in [-0.2, 0) is 9.53 Å². The molecule has 0 amide bonds. The summed E-state index contributed by atoms with van der Waals surface area (Å²) in [6.45, 7) is 3.98. The largest absolute Gasteiger partial charge is 0.481 e. The van der Waals surface area contributed by atoms with E-state index in [9.17, 15) is 4.79 Å². The van der Waals surface area contributed by atoms with E-state index in [1.165, 1.54) is 32.1 Å². The van der Waals surface area contributed by atoms with Gasteiger partial charge >= 0.3 is 5.97 Å². The minimum absolute atomic E-state index is 0.116. The molecule has 0 spiro atoms. The predicted octanol–water partition coefficient (Wildman–Crippen LogP) is 3.15. The van der Waals surface area contributed by atoms with Gasteiger partial charge in [-0.15, -0.1) is 0 Å². The molecule has 0 aromatic carbocycles. The highest BCUT2D eigenvalue weighted by atomic mass is 16.5. The molecule has 0 aliphatic rings. The zero-order chi connectivity index (χ0) is 13.5. The monoisotopic (exact) mass is 247 g/mol. The summed E-state index contributed by atoms with van der Waals surface area (Å²) >= 11 is 0. The standard InChI is InChI=1S/C10H20O2.C3H9NO/c1-2-3-4-5-6-7-8-9-10(11)12;1-3(4)5-2/h2-9H2,1H3,(H,11,12);3H,4H2,1-2H3. The van der Waals surface area contributed by atoms with Crippen molar-refractivity contribution >= 4 is 5.97 Å². The molecule has 4 nitrogen and oxygen atoms in total. The van der Waals surface area contributed by atoms with Crippen molar-refractivity contribution in [3.05, 3.63) is 0 Å². The molecule has 1 atom stereocenters. The van der Waals surface area contributed by atoms with E-state index in [-0.39, 0.29) is 6.23 Å². The highest BCUT2D eigenvalue weighted by molar-refractivity contribution is 5.66. The molecule has 0 radical (unpaired) electrons. The lowest BCUT2D eigenvalue weighted by Crippen LogP contribution is -2.15. The Balaban J connectivity index is 0. The molecule has 0 fully saturated rings. The van der Waals surface area contributed by atoms with Crippen LogP contribution in [0.4, 0.5) is 0 Å². The minimum atomic E-state index is -0.663. The Morgan fingerprint density at radius 1 is 1.18 bits per heavy atom. The first-order valence-electron chi connectivity index (χ1n) is 6.54. The van der Waals surface area contributed by atoms with Gasteiger partial charge in [0.1, 0.15) is 6.23 Å². The van der Waals surface area contributed by atoms with Crippen LogP contribution in [0.25, 0.3) is 0 Å². The average molecular weight is 247 g/mol. The van der Waals surface area contributed by atoms with Gasteiger partial charge < -0.3 is 15.6 Å². The Morgan fingerprint density at radius 2 is 1.59 bits per heavy atom. The maximum atomic E-state index is 10.1. The van der Waals surface area contributed by atoms with Crippen molar-refractivity contribution in [1.29, 1.82) is 0 Å². The normalized spacial score (nSPS) is 11.5. The van der Waals surface area contributed by atoms with Crippen LogP contribution >= 0.6 is 0 Å². The number of ether oxygens (including phenoxy) is 1. The van der Waals surface area contributed by atoms with Crippen molar-refractivity contribution in [3.63, 3.8) is 0 Å². The van der Waals surface area contributed by atoms with E-state index in [0.29, 0.717) is 6.42 Å². The van der Waals surface area contributed by atoms with Crippen molar-refractivity contribution < 1.29 is 14.6 Å². The van der Waals surface area contributed by atoms with Gasteiger partial charge in [0.2, 0.25) is 0 Å². The first-order valence-corrected chi connectivity index (χ1v) is 6.54. The summed E-state index contributed by atoms with van der Waals surface area (Å²) in [7, 11) is 1.57. The number of methoxy groups -OCH3 is 1. The van der Waals surface area contributed by atoms with Crippen LogP contribution in [0.5, 0.6) is 0 Å². The fourth-order valence-electron chi connectivity index (χ4n) is 1.23. The SMILES string of the molecule is CCCCCCCCCC(=O)O.COC(C)N. The molecule has 0 saturated carbocycles. The zero-order valence-corrected chi connectivity index (χ0v) is 11.6. The Hall–Kier alpha value is -0.610. The maximum absolute atomic E-state index is 10.1. The fourth-order valence-corrected chi connectivity index (χ4v) is 1.23. The number of aliphatic carboxylic acids is 1. The van der Waals surface area contributed by atoms with E-state index in [0.717, 1.165) is 12.8 Å². The number of hydrogen-bond donors (Lipinski definition) is 2. The number of nitrogens with two attached hydrogens (primary N) is 1. The molecule has 1 unspecified atom stereocenters. The second kappa shape index (κ2) is 15.4. The minimum Gasteiger partial charge on any atom is -0.481 e. The lowest BCUT2D eigenvalue weighted by Gasteiger charge is -1.98. The first kappa shape index (κ1) is 18.7. The number of carboxylic acids is 1. The molecule has 104 valence electrons. The predicted molar refractivity (Wildman–Crippen MR) is 70.9 cm³/mol. The van der Waals surface area contributed by atoms with E-state index in [1.54, 1.807) is 14.0 Å². The topological polar surface area (TPSA) is 72.5 Å². The number of carbonyl (C=O) groups is 1. The summed E-state index contributed by atoms with van der Waals surface area (Å²) in [5, 5.41) is 8.35. The van der Waals surface area contributed by atoms with Crippen LogP contribution in [0.3, 0.4) is 0 Å². The van der Waals surface area contributed by atoms with Crippen molar-refractivity contribution in [2.75, 3.05) is 7.11 Å². The van der Waals surface area contributed by atoms with Gasteiger partial charge in [0.15, 0.2) is 0 Å². The van der Waals surface area contributed by atoms with Gasteiger partial charge in [-0.05, 0) is 13.3 Å². The van der Waals surface area contributed by atoms with E-state index >= 15 is 0 Å². The summed E-state index contributed by atoms with van der Waals surface area (Å²) in [5.41, 5.74) is 5.07. The van der Waals surface area contributed by atoms with Gasteiger partial charge in [-0.1, -0.05) is 45.4 Å². The zero-order valence-electron chi connectivity index (χ0n) is 11.6. The summed E-state index contributed by atoms with van der Waals surface area (Å²) in [6.07, 6.45) is 8.53. The highest BCUT2D eigenvalue weighted by Gasteiger charge is 1.95. The summed E-state index contributed by atoms with van der Waals surface area (Å²) in [4.78, 5) is 10.1. The summed E-state index contributed by atoms with van der Waals surface area (Å²) in [5.74, 6) is -0.663. The Morgan fingerprint density at radius 3 is 1.94 bits per heavy atom. The average Bonchev–Trinajstić information content (AvgIpc) is 2.28. The number of unbranched alkanes of at least 4 members (excludes halogenated alkanes) is 6. The fraction of sp³-hybridized carbons (Fsp3) is 0.923. The van der Waals surface area contributed by atoms with Gasteiger partial charge in [-0.2, -0.15) is 0 Å². The molecule has 0 aliphatic carbocycles. The number of carboxylic acid groups (broad SMARTS) is 1. The van der Waals surface area contributed by atoms with Gasteiger partial charge in [-0.3, -0.25) is 4.79 Å². The molecule has 0 rings (SSSR count). The van der Waals surface area contributed by atoms with Crippen molar-refractivity contribution in [3.8, 4) is 0 Å². The third-order valence-corrected chi connectivity index (χ3v) is 2.37. The quantitative estimate of drug-likeness (QED) is 0.485. The molecule has 4 heteroatoms. The van der Waals surface area contributed by atoms with Gasteiger partial charge in [0.05, 0.1) is 0 Å². The Labute approximate surface area is 106 Å². The Bertz CT molecular complexity index is 161. The molecule has 0 heterocycles. The molecule has 0 aliphatic heterocycles. The Kier molecular flexibility index (Phi) is 17.0. The molecule has 0 aromatic heterocycles. The molecule has 0 aromatic rings. The molecular formula is C13H29NO3. The number of rotatable bonds is 9. The van der Waals surface area contributed by atoms with Crippen molar-refractivity contribution in [1.82, 2.24) is 0 Å². The second-order valence-electron chi connectivity index (χ2n) is 4.21. The van der Waals surface area contributed by atoms with Crippen LogP contribution in [0.2, 0.25) is 0 Å². The van der Waals surface area contributed by atoms with E-state index in [4.69, 9.17) is 10.8 Å². The highest BCUT2D eigenvalue weighted by Crippen LogP contribution is 2.07. The lowest BCUT2D eigenvalue weighted by atomic mass is 10.1. The van der Waals surface area contributed by atoms with Crippen LogP contribution in [-0.4, -0.2) is 24.4 Å². The molecule has 0 saturated heterocycles. The maximum Gasteiger partial charge on any atom is 0.303 e. The molecule has 0 bridgehead atoms. The van der Waals surface area contributed by atoms with E-state index < -0.39 is 5.97 Å². The van der Waals surface area contributed by atoms with E-state index in [2.05, 4.69) is 11.7 Å². The summed E-state index contributed by atoms with van der Waals surface area (Å²) < 4.78 is 4.53. The molecular weight excluding hydrogens is 218 g/mol. The van der Waals surface area contributed by atoms with Crippen molar-refractivity contribution in [2.45, 2.75) is 71.4 Å². The third-order valence-electron chi connectivity index (χ3n) is 2.37. The second-order valence-corrected chi connectivity index (χ2v) is 4.21. The molecule has 3 N–H and O–H groups in total. The van der Waals surface area contributed by atoms with Crippen LogP contribution in [0.15, 0.2) is 0 Å². The van der Waals surface area contributed by atoms with Crippen molar-refractivity contribution in [2.24, 2.45) is 5.73 Å². The van der Waals surface area contributed by atoms with Crippen LogP contribution in [0, 0.1) is 0 Å². The molecule has 17 heavy (non-hydrogen) atoms. The van der Waals surface area contributed by atoms with Gasteiger partial charge in [0.25, 0.3) is 0 Å². The number of hydrogen-bond acceptors (Lipinski definition) is 3. The van der Waals surface area contributed by atoms with Crippen LogP contribution in [0.1, 0.15) is 65.2 Å². The van der Waals surface area contributed by atoms with Gasteiger partial charge in [0, 0.05) is 13.5 Å².